The summed E-state index contributed by atoms with van der Waals surface area (Å²) >= 11 is 3.44. The summed E-state index contributed by atoms with van der Waals surface area (Å²) in [6, 6.07) is 6.34. The Kier molecular flexibility index (Phi) is 5.68. The van der Waals surface area contributed by atoms with Crippen LogP contribution < -0.4 is 10.2 Å². The molecule has 1 aliphatic rings. The number of halogens is 1. The van der Waals surface area contributed by atoms with Gasteiger partial charge in [0.15, 0.2) is 0 Å². The van der Waals surface area contributed by atoms with E-state index in [4.69, 9.17) is 0 Å². The van der Waals surface area contributed by atoms with E-state index >= 15 is 0 Å². The Morgan fingerprint density at radius 2 is 1.92 bits per heavy atom. The molecule has 6 heteroatoms. The van der Waals surface area contributed by atoms with Crippen molar-refractivity contribution in [1.82, 2.24) is 14.9 Å². The van der Waals surface area contributed by atoms with Crippen LogP contribution in [0.15, 0.2) is 35.1 Å². The number of hydrogen-bond donors (Lipinski definition) is 1. The van der Waals surface area contributed by atoms with Gasteiger partial charge in [0.1, 0.15) is 11.6 Å². The van der Waals surface area contributed by atoms with E-state index in [1.54, 1.807) is 0 Å². The molecule has 0 saturated carbocycles. The average Bonchev–Trinajstić information content (AvgIpc) is 2.62. The van der Waals surface area contributed by atoms with Crippen molar-refractivity contribution in [2.75, 3.05) is 42.9 Å². The Morgan fingerprint density at radius 1 is 1.12 bits per heavy atom. The van der Waals surface area contributed by atoms with Gasteiger partial charge in [-0.1, -0.05) is 13.0 Å². The van der Waals surface area contributed by atoms with Crippen molar-refractivity contribution in [2.24, 2.45) is 0 Å². The molecule has 0 aliphatic carbocycles. The number of rotatable bonds is 5. The zero-order valence-electron chi connectivity index (χ0n) is 14.3. The van der Waals surface area contributed by atoms with Crippen molar-refractivity contribution in [3.05, 3.63) is 46.2 Å². The van der Waals surface area contributed by atoms with Crippen molar-refractivity contribution in [1.29, 1.82) is 0 Å². The molecule has 1 saturated heterocycles. The molecule has 0 radical (unpaired) electrons. The van der Waals surface area contributed by atoms with Crippen molar-refractivity contribution in [3.8, 4) is 0 Å². The van der Waals surface area contributed by atoms with Crippen LogP contribution in [0.1, 0.15) is 18.1 Å². The van der Waals surface area contributed by atoms with Crippen LogP contribution in [0.5, 0.6) is 0 Å². The predicted molar refractivity (Wildman–Crippen MR) is 103 cm³/mol. The quantitative estimate of drug-likeness (QED) is 0.849. The minimum atomic E-state index is 0.729. The summed E-state index contributed by atoms with van der Waals surface area (Å²) in [7, 11) is 0. The van der Waals surface area contributed by atoms with Gasteiger partial charge in [-0.05, 0) is 52.7 Å². The topological polar surface area (TPSA) is 44.3 Å². The first-order valence-electron chi connectivity index (χ1n) is 8.44. The second-order valence-corrected chi connectivity index (χ2v) is 7.03. The molecular formula is C18H24BrN5. The fraction of sp³-hybridized carbons (Fsp3) is 0.444. The van der Waals surface area contributed by atoms with E-state index < -0.39 is 0 Å². The molecule has 1 N–H and O–H groups in total. The number of hydrogen-bond acceptors (Lipinski definition) is 5. The Balaban J connectivity index is 1.57. The van der Waals surface area contributed by atoms with E-state index in [1.165, 1.54) is 0 Å². The van der Waals surface area contributed by atoms with Crippen LogP contribution in [0.4, 0.5) is 11.6 Å². The fourth-order valence-corrected chi connectivity index (χ4v) is 3.36. The first-order valence-corrected chi connectivity index (χ1v) is 9.23. The van der Waals surface area contributed by atoms with E-state index in [9.17, 15) is 0 Å². The van der Waals surface area contributed by atoms with E-state index in [0.717, 1.165) is 66.5 Å². The van der Waals surface area contributed by atoms with Crippen LogP contribution in [0, 0.1) is 6.92 Å². The number of nitrogens with zero attached hydrogens (tertiary/aromatic N) is 4. The van der Waals surface area contributed by atoms with Gasteiger partial charge in [0, 0.05) is 49.6 Å². The molecule has 0 unspecified atom stereocenters. The van der Waals surface area contributed by atoms with Crippen molar-refractivity contribution < 1.29 is 0 Å². The summed E-state index contributed by atoms with van der Waals surface area (Å²) in [5.74, 6) is 1.99. The normalized spacial score (nSPS) is 15.5. The van der Waals surface area contributed by atoms with Crippen LogP contribution in [-0.4, -0.2) is 47.6 Å². The number of nitrogens with one attached hydrogen (secondary N) is 1. The third-order valence-corrected chi connectivity index (χ3v) is 4.89. The highest BCUT2D eigenvalue weighted by molar-refractivity contribution is 9.10. The van der Waals surface area contributed by atoms with Gasteiger partial charge in [-0.3, -0.25) is 0 Å². The highest BCUT2D eigenvalue weighted by Gasteiger charge is 2.16. The lowest BCUT2D eigenvalue weighted by Gasteiger charge is -2.34. The number of likely N-dealkylation sites (N-methyl/N-ethyl adjacent to an activating group) is 1. The highest BCUT2D eigenvalue weighted by Crippen LogP contribution is 2.18. The SMILES string of the molecule is CCN1CCN(c2ccc(CNc3ncc(Br)cc3C)cn2)CC1. The molecule has 0 bridgehead atoms. The number of aryl methyl sites for hydroxylation is 1. The van der Waals surface area contributed by atoms with Gasteiger partial charge in [0.25, 0.3) is 0 Å². The maximum Gasteiger partial charge on any atom is 0.129 e. The summed E-state index contributed by atoms with van der Waals surface area (Å²) in [5.41, 5.74) is 2.29. The second-order valence-electron chi connectivity index (χ2n) is 6.12. The molecule has 2 aromatic rings. The summed E-state index contributed by atoms with van der Waals surface area (Å²) in [6.07, 6.45) is 3.77. The molecule has 1 fully saturated rings. The third kappa shape index (κ3) is 4.24. The average molecular weight is 390 g/mol. The molecule has 2 aromatic heterocycles. The van der Waals surface area contributed by atoms with E-state index in [1.807, 2.05) is 12.4 Å². The van der Waals surface area contributed by atoms with Gasteiger partial charge < -0.3 is 15.1 Å². The standard InChI is InChI=1S/C18H24BrN5/c1-3-23-6-8-24(9-7-23)17-5-4-15(11-20-17)12-21-18-14(2)10-16(19)13-22-18/h4-5,10-11,13H,3,6-9,12H2,1-2H3,(H,21,22). The molecule has 5 nitrogen and oxygen atoms in total. The zero-order chi connectivity index (χ0) is 16.9. The Morgan fingerprint density at radius 3 is 2.54 bits per heavy atom. The van der Waals surface area contributed by atoms with E-state index in [2.05, 4.69) is 73.1 Å². The van der Waals surface area contributed by atoms with Gasteiger partial charge in [0.2, 0.25) is 0 Å². The molecule has 3 heterocycles. The molecular weight excluding hydrogens is 366 g/mol. The smallest absolute Gasteiger partial charge is 0.129 e. The summed E-state index contributed by atoms with van der Waals surface area (Å²) in [5, 5.41) is 3.38. The van der Waals surface area contributed by atoms with Crippen molar-refractivity contribution >= 4 is 27.6 Å². The first-order chi connectivity index (χ1) is 11.7. The minimum absolute atomic E-state index is 0.729. The first kappa shape index (κ1) is 17.2. The molecule has 0 aromatic carbocycles. The van der Waals surface area contributed by atoms with Gasteiger partial charge in [0.05, 0.1) is 0 Å². The number of aromatic nitrogens is 2. The van der Waals surface area contributed by atoms with Crippen LogP contribution in [0.3, 0.4) is 0 Å². The van der Waals surface area contributed by atoms with Crippen LogP contribution in [0.2, 0.25) is 0 Å². The Hall–Kier alpha value is -1.66. The third-order valence-electron chi connectivity index (χ3n) is 4.46. The van der Waals surface area contributed by atoms with Crippen LogP contribution in [-0.2, 0) is 6.54 Å². The largest absolute Gasteiger partial charge is 0.366 e. The molecule has 0 spiro atoms. The molecule has 1 aliphatic heterocycles. The summed E-state index contributed by atoms with van der Waals surface area (Å²) in [6.45, 7) is 10.5. The lowest BCUT2D eigenvalue weighted by Crippen LogP contribution is -2.46. The molecule has 128 valence electrons. The lowest BCUT2D eigenvalue weighted by atomic mass is 10.2. The highest BCUT2D eigenvalue weighted by atomic mass is 79.9. The van der Waals surface area contributed by atoms with Gasteiger partial charge in [-0.15, -0.1) is 0 Å². The van der Waals surface area contributed by atoms with Crippen LogP contribution >= 0.6 is 15.9 Å². The minimum Gasteiger partial charge on any atom is -0.366 e. The Bertz CT molecular complexity index is 666. The monoisotopic (exact) mass is 389 g/mol. The van der Waals surface area contributed by atoms with Gasteiger partial charge >= 0.3 is 0 Å². The Labute approximate surface area is 152 Å². The fourth-order valence-electron chi connectivity index (χ4n) is 2.91. The summed E-state index contributed by atoms with van der Waals surface area (Å²) < 4.78 is 1.000. The number of piperazine rings is 1. The zero-order valence-corrected chi connectivity index (χ0v) is 15.9. The van der Waals surface area contributed by atoms with Crippen molar-refractivity contribution in [3.63, 3.8) is 0 Å². The molecule has 3 rings (SSSR count). The van der Waals surface area contributed by atoms with Gasteiger partial charge in [-0.2, -0.15) is 0 Å². The number of pyridine rings is 2. The maximum absolute atomic E-state index is 4.64. The predicted octanol–water partition coefficient (Wildman–Crippen LogP) is 3.30. The van der Waals surface area contributed by atoms with Crippen molar-refractivity contribution in [2.45, 2.75) is 20.4 Å². The summed E-state index contributed by atoms with van der Waals surface area (Å²) in [4.78, 5) is 13.9. The molecule has 0 amide bonds. The van der Waals surface area contributed by atoms with Gasteiger partial charge in [-0.25, -0.2) is 9.97 Å². The van der Waals surface area contributed by atoms with E-state index in [0.29, 0.717) is 0 Å². The van der Waals surface area contributed by atoms with Crippen LogP contribution in [0.25, 0.3) is 0 Å². The second kappa shape index (κ2) is 7.94. The molecule has 24 heavy (non-hydrogen) atoms. The molecule has 0 atom stereocenters. The van der Waals surface area contributed by atoms with E-state index in [-0.39, 0.29) is 0 Å². The maximum atomic E-state index is 4.64. The lowest BCUT2D eigenvalue weighted by molar-refractivity contribution is 0.270. The number of anilines is 2.